The van der Waals surface area contributed by atoms with Gasteiger partial charge < -0.3 is 4.74 Å². The van der Waals surface area contributed by atoms with Gasteiger partial charge in [0.05, 0.1) is 13.2 Å². The second kappa shape index (κ2) is 6.97. The van der Waals surface area contributed by atoms with Crippen molar-refractivity contribution < 1.29 is 4.74 Å². The fourth-order valence-electron chi connectivity index (χ4n) is 10.5. The molecule has 0 aromatic rings. The Balaban J connectivity index is 1.19. The standard InChI is InChI=1S/C30H46O/c1-17-7-9-21-25(17)27(23-11-13-29(21,23)5)19(3)15-31-16-20(4)28-24-12-14-30(24,6)22-10-8-18(2)26(22)28/h17-18,21-26H,7-16H2,1-6H3/t17-,18-,21+,22+,23+,24+,25-,26-,29-,30-/m1/s1. The van der Waals surface area contributed by atoms with Crippen LogP contribution >= 0.6 is 0 Å². The lowest BCUT2D eigenvalue weighted by Crippen LogP contribution is -2.38. The Bertz CT molecular complexity index is 765. The van der Waals surface area contributed by atoms with Crippen LogP contribution in [0.4, 0.5) is 0 Å². The van der Waals surface area contributed by atoms with Gasteiger partial charge in [-0.1, -0.05) is 38.8 Å². The molecule has 0 saturated heterocycles. The topological polar surface area (TPSA) is 9.23 Å². The maximum Gasteiger partial charge on any atom is 0.0681 e. The van der Waals surface area contributed by atoms with Gasteiger partial charge in [0.2, 0.25) is 0 Å². The van der Waals surface area contributed by atoms with Crippen LogP contribution in [0.2, 0.25) is 0 Å². The van der Waals surface area contributed by atoms with E-state index in [1.807, 2.05) is 11.1 Å². The molecule has 0 N–H and O–H groups in total. The molecule has 0 radical (unpaired) electrons. The monoisotopic (exact) mass is 422 g/mol. The van der Waals surface area contributed by atoms with Crippen molar-refractivity contribution in [2.75, 3.05) is 13.2 Å². The van der Waals surface area contributed by atoms with Crippen LogP contribution in [0.3, 0.4) is 0 Å². The molecule has 0 amide bonds. The van der Waals surface area contributed by atoms with Gasteiger partial charge in [-0.2, -0.15) is 0 Å². The Hall–Kier alpha value is -0.560. The summed E-state index contributed by atoms with van der Waals surface area (Å²) in [7, 11) is 0. The number of hydrogen-bond acceptors (Lipinski definition) is 1. The number of allylic oxidation sites excluding steroid dienone is 2. The Morgan fingerprint density at radius 3 is 1.48 bits per heavy atom. The molecule has 6 aliphatic rings. The third-order valence-corrected chi connectivity index (χ3v) is 12.3. The summed E-state index contributed by atoms with van der Waals surface area (Å²) in [5.74, 6) is 7.18. The van der Waals surface area contributed by atoms with E-state index in [0.717, 1.165) is 60.6 Å². The minimum Gasteiger partial charge on any atom is -0.373 e. The molecule has 0 aliphatic heterocycles. The summed E-state index contributed by atoms with van der Waals surface area (Å²) in [6.07, 6.45) is 11.7. The predicted octanol–water partition coefficient (Wildman–Crippen LogP) is 7.82. The third-order valence-electron chi connectivity index (χ3n) is 12.3. The van der Waals surface area contributed by atoms with Crippen LogP contribution in [0, 0.1) is 58.2 Å². The molecule has 6 saturated carbocycles. The van der Waals surface area contributed by atoms with Crippen LogP contribution in [0.15, 0.2) is 22.3 Å². The highest BCUT2D eigenvalue weighted by molar-refractivity contribution is 5.35. The molecule has 0 aromatic heterocycles. The number of ether oxygens (including phenoxy) is 1. The zero-order valence-electron chi connectivity index (χ0n) is 21.1. The number of fused-ring (bicyclic) bond motifs is 6. The number of hydrogen-bond donors (Lipinski definition) is 0. The van der Waals surface area contributed by atoms with Crippen molar-refractivity contribution in [3.8, 4) is 0 Å². The van der Waals surface area contributed by atoms with Crippen molar-refractivity contribution in [1.29, 1.82) is 0 Å². The van der Waals surface area contributed by atoms with E-state index < -0.39 is 0 Å². The van der Waals surface area contributed by atoms with Gasteiger partial charge in [-0.3, -0.25) is 0 Å². The van der Waals surface area contributed by atoms with E-state index in [0.29, 0.717) is 10.8 Å². The van der Waals surface area contributed by atoms with Crippen LogP contribution in [0.5, 0.6) is 0 Å². The van der Waals surface area contributed by atoms with Crippen molar-refractivity contribution in [2.24, 2.45) is 58.2 Å². The molecular weight excluding hydrogens is 376 g/mol. The van der Waals surface area contributed by atoms with Gasteiger partial charge in [-0.15, -0.1) is 0 Å². The zero-order valence-corrected chi connectivity index (χ0v) is 21.1. The summed E-state index contributed by atoms with van der Waals surface area (Å²) in [5, 5.41) is 0. The zero-order chi connectivity index (χ0) is 21.7. The predicted molar refractivity (Wildman–Crippen MR) is 129 cm³/mol. The van der Waals surface area contributed by atoms with Crippen molar-refractivity contribution in [1.82, 2.24) is 0 Å². The molecule has 0 unspecified atom stereocenters. The molecule has 0 heterocycles. The SMILES string of the molecule is CC(COCC(C)=C1[C@@H]2[C@H](C)CC[C@@H]2[C@@]2(C)CC[C@@H]12)=C1[C@@H]2[C@H](C)CC[C@@H]2[C@@]2(C)CC[C@@H]12. The van der Waals surface area contributed by atoms with Crippen molar-refractivity contribution >= 4 is 0 Å². The lowest BCUT2D eigenvalue weighted by Gasteiger charge is -2.46. The third kappa shape index (κ3) is 2.65. The molecule has 1 heteroatoms. The molecule has 31 heavy (non-hydrogen) atoms. The fourth-order valence-corrected chi connectivity index (χ4v) is 10.5. The molecule has 172 valence electrons. The first-order valence-electron chi connectivity index (χ1n) is 13.7. The van der Waals surface area contributed by atoms with E-state index in [4.69, 9.17) is 4.74 Å². The van der Waals surface area contributed by atoms with Gasteiger partial charge in [0, 0.05) is 0 Å². The maximum atomic E-state index is 6.51. The highest BCUT2D eigenvalue weighted by atomic mass is 16.5. The van der Waals surface area contributed by atoms with Crippen molar-refractivity contribution in [2.45, 2.75) is 92.9 Å². The first-order chi connectivity index (χ1) is 14.8. The molecule has 0 aromatic carbocycles. The molecule has 6 rings (SSSR count). The lowest BCUT2D eigenvalue weighted by molar-refractivity contribution is 0.0468. The quantitative estimate of drug-likeness (QED) is 0.420. The smallest absolute Gasteiger partial charge is 0.0681 e. The van der Waals surface area contributed by atoms with Gasteiger partial charge in [-0.05, 0) is 135 Å². The van der Waals surface area contributed by atoms with E-state index in [1.165, 1.54) is 51.4 Å². The van der Waals surface area contributed by atoms with E-state index in [9.17, 15) is 0 Å². The summed E-state index contributed by atoms with van der Waals surface area (Å²) in [6, 6.07) is 0. The van der Waals surface area contributed by atoms with Crippen molar-refractivity contribution in [3.05, 3.63) is 22.3 Å². The van der Waals surface area contributed by atoms with Gasteiger partial charge in [0.25, 0.3) is 0 Å². The van der Waals surface area contributed by atoms with E-state index in [2.05, 4.69) is 41.5 Å². The highest BCUT2D eigenvalue weighted by Crippen LogP contribution is 2.71. The molecule has 6 fully saturated rings. The first-order valence-corrected chi connectivity index (χ1v) is 13.7. The van der Waals surface area contributed by atoms with Gasteiger partial charge in [-0.25, -0.2) is 0 Å². The minimum absolute atomic E-state index is 0.621. The van der Waals surface area contributed by atoms with E-state index in [-0.39, 0.29) is 0 Å². The normalized spacial score (nSPS) is 55.2. The molecular formula is C30H46O. The largest absolute Gasteiger partial charge is 0.373 e. The average molecular weight is 423 g/mol. The molecule has 1 nitrogen and oxygen atoms in total. The summed E-state index contributed by atoms with van der Waals surface area (Å²) in [4.78, 5) is 0. The Morgan fingerprint density at radius 2 is 1.13 bits per heavy atom. The van der Waals surface area contributed by atoms with E-state index >= 15 is 0 Å². The maximum absolute atomic E-state index is 6.51. The molecule has 0 bridgehead atoms. The number of rotatable bonds is 4. The molecule has 6 aliphatic carbocycles. The fraction of sp³-hybridized carbons (Fsp3) is 0.867. The lowest BCUT2D eigenvalue weighted by atomic mass is 9.58. The van der Waals surface area contributed by atoms with E-state index in [1.54, 1.807) is 11.1 Å². The Kier molecular flexibility index (Phi) is 4.72. The van der Waals surface area contributed by atoms with Gasteiger partial charge >= 0.3 is 0 Å². The average Bonchev–Trinajstić information content (AvgIpc) is 3.37. The van der Waals surface area contributed by atoms with Crippen LogP contribution in [-0.2, 0) is 4.74 Å². The Labute approximate surface area is 191 Å². The van der Waals surface area contributed by atoms with Crippen LogP contribution < -0.4 is 0 Å². The summed E-state index contributed by atoms with van der Waals surface area (Å²) in [5.41, 5.74) is 8.15. The van der Waals surface area contributed by atoms with Gasteiger partial charge in [0.1, 0.15) is 0 Å². The highest BCUT2D eigenvalue weighted by Gasteiger charge is 2.63. The second-order valence-electron chi connectivity index (χ2n) is 13.5. The van der Waals surface area contributed by atoms with Crippen LogP contribution in [0.1, 0.15) is 92.9 Å². The summed E-state index contributed by atoms with van der Waals surface area (Å²) in [6.45, 7) is 16.8. The Morgan fingerprint density at radius 1 is 0.710 bits per heavy atom. The summed E-state index contributed by atoms with van der Waals surface area (Å²) < 4.78 is 6.51. The minimum atomic E-state index is 0.621. The first kappa shape index (κ1) is 21.0. The molecule has 10 atom stereocenters. The summed E-state index contributed by atoms with van der Waals surface area (Å²) >= 11 is 0. The van der Waals surface area contributed by atoms with Crippen LogP contribution in [0.25, 0.3) is 0 Å². The van der Waals surface area contributed by atoms with Crippen LogP contribution in [-0.4, -0.2) is 13.2 Å². The molecule has 0 spiro atoms. The second-order valence-corrected chi connectivity index (χ2v) is 13.5. The van der Waals surface area contributed by atoms with Crippen molar-refractivity contribution in [3.63, 3.8) is 0 Å². The van der Waals surface area contributed by atoms with Gasteiger partial charge in [0.15, 0.2) is 0 Å².